The maximum Gasteiger partial charge on any atom is 0.255 e. The Morgan fingerprint density at radius 2 is 1.61 bits per heavy atom. The summed E-state index contributed by atoms with van der Waals surface area (Å²) in [4.78, 5) is 15.5. The molecule has 31 heavy (non-hydrogen) atoms. The molecule has 1 atom stereocenters. The van der Waals surface area contributed by atoms with Gasteiger partial charge in [-0.2, -0.15) is 0 Å². The van der Waals surface area contributed by atoms with Crippen LogP contribution in [0, 0.1) is 0 Å². The molecule has 4 aromatic rings. The van der Waals surface area contributed by atoms with Crippen molar-refractivity contribution in [3.8, 4) is 5.75 Å². The van der Waals surface area contributed by atoms with E-state index in [9.17, 15) is 4.79 Å². The Kier molecular flexibility index (Phi) is 5.63. The van der Waals surface area contributed by atoms with Crippen LogP contribution in [0.5, 0.6) is 5.75 Å². The zero-order valence-corrected chi connectivity index (χ0v) is 17.9. The van der Waals surface area contributed by atoms with Gasteiger partial charge in [0.1, 0.15) is 17.7 Å². The average molecular weight is 426 g/mol. The predicted octanol–water partition coefficient (Wildman–Crippen LogP) is 6.31. The third-order valence-corrected chi connectivity index (χ3v) is 6.85. The fourth-order valence-electron chi connectivity index (χ4n) is 3.99. The summed E-state index contributed by atoms with van der Waals surface area (Å²) in [5, 5.41) is 2.13. The van der Waals surface area contributed by atoms with E-state index in [-0.39, 0.29) is 11.3 Å². The van der Waals surface area contributed by atoms with Crippen LogP contribution in [-0.2, 0) is 6.61 Å². The average Bonchev–Trinajstić information content (AvgIpc) is 3.33. The van der Waals surface area contributed by atoms with Gasteiger partial charge in [-0.25, -0.2) is 0 Å². The number of benzene rings is 4. The Balaban J connectivity index is 1.33. The molecule has 0 aromatic heterocycles. The SMILES string of the molecule is O=C(c1cccc2ccccc12)N1CCS[C@H]1c1ccc(OCc2ccccc2)cc1. The second-order valence-electron chi connectivity index (χ2n) is 7.59. The molecule has 4 heteroatoms. The van der Waals surface area contributed by atoms with Crippen molar-refractivity contribution < 1.29 is 9.53 Å². The number of amides is 1. The zero-order valence-electron chi connectivity index (χ0n) is 17.1. The predicted molar refractivity (Wildman–Crippen MR) is 127 cm³/mol. The lowest BCUT2D eigenvalue weighted by atomic mass is 10.0. The maximum absolute atomic E-state index is 13.5. The van der Waals surface area contributed by atoms with E-state index in [1.807, 2.05) is 77.3 Å². The van der Waals surface area contributed by atoms with Crippen LogP contribution < -0.4 is 4.74 Å². The lowest BCUT2D eigenvalue weighted by molar-refractivity contribution is 0.0762. The molecule has 0 bridgehead atoms. The number of nitrogens with zero attached hydrogens (tertiary/aromatic N) is 1. The molecule has 1 saturated heterocycles. The van der Waals surface area contributed by atoms with Crippen molar-refractivity contribution in [1.82, 2.24) is 4.90 Å². The number of hydrogen-bond acceptors (Lipinski definition) is 3. The third-order valence-electron chi connectivity index (χ3n) is 5.59. The third kappa shape index (κ3) is 4.17. The van der Waals surface area contributed by atoms with Gasteiger partial charge in [0.25, 0.3) is 5.91 Å². The van der Waals surface area contributed by atoms with Gasteiger partial charge in [-0.15, -0.1) is 11.8 Å². The van der Waals surface area contributed by atoms with E-state index in [0.29, 0.717) is 6.61 Å². The minimum atomic E-state index is 0.0228. The fraction of sp³-hybridized carbons (Fsp3) is 0.148. The van der Waals surface area contributed by atoms with Crippen molar-refractivity contribution in [3.05, 3.63) is 114 Å². The molecule has 1 aliphatic heterocycles. The Bertz CT molecular complexity index is 1190. The van der Waals surface area contributed by atoms with Crippen molar-refractivity contribution in [2.24, 2.45) is 0 Å². The summed E-state index contributed by atoms with van der Waals surface area (Å²) in [5.74, 6) is 1.87. The molecule has 0 saturated carbocycles. The number of thioether (sulfide) groups is 1. The molecular weight excluding hydrogens is 402 g/mol. The van der Waals surface area contributed by atoms with E-state index in [1.54, 1.807) is 0 Å². The number of carbonyl (C=O) groups is 1. The van der Waals surface area contributed by atoms with Crippen molar-refractivity contribution in [1.29, 1.82) is 0 Å². The van der Waals surface area contributed by atoms with Crippen molar-refractivity contribution in [2.45, 2.75) is 12.0 Å². The topological polar surface area (TPSA) is 29.5 Å². The van der Waals surface area contributed by atoms with Crippen LogP contribution in [0.1, 0.15) is 26.9 Å². The molecule has 3 nitrogen and oxygen atoms in total. The van der Waals surface area contributed by atoms with Crippen molar-refractivity contribution in [3.63, 3.8) is 0 Å². The van der Waals surface area contributed by atoms with Crippen LogP contribution >= 0.6 is 11.8 Å². The van der Waals surface area contributed by atoms with Gasteiger partial charge in [-0.3, -0.25) is 4.79 Å². The number of hydrogen-bond donors (Lipinski definition) is 0. The summed E-state index contributed by atoms with van der Waals surface area (Å²) in [6.45, 7) is 1.30. The summed E-state index contributed by atoms with van der Waals surface area (Å²) in [6.07, 6.45) is 0. The van der Waals surface area contributed by atoms with E-state index in [0.717, 1.165) is 45.5 Å². The molecule has 0 spiro atoms. The zero-order chi connectivity index (χ0) is 21.0. The van der Waals surface area contributed by atoms with Crippen molar-refractivity contribution in [2.75, 3.05) is 12.3 Å². The molecule has 0 N–H and O–H groups in total. The molecule has 1 amide bonds. The quantitative estimate of drug-likeness (QED) is 0.375. The Morgan fingerprint density at radius 1 is 0.871 bits per heavy atom. The molecule has 0 aliphatic carbocycles. The highest BCUT2D eigenvalue weighted by Crippen LogP contribution is 2.39. The van der Waals surface area contributed by atoms with E-state index in [4.69, 9.17) is 4.74 Å². The fourth-order valence-corrected chi connectivity index (χ4v) is 5.25. The largest absolute Gasteiger partial charge is 0.489 e. The normalized spacial score (nSPS) is 15.9. The van der Waals surface area contributed by atoms with Gasteiger partial charge >= 0.3 is 0 Å². The summed E-state index contributed by atoms with van der Waals surface area (Å²) in [7, 11) is 0. The lowest BCUT2D eigenvalue weighted by Crippen LogP contribution is -2.30. The first kappa shape index (κ1) is 19.7. The van der Waals surface area contributed by atoms with E-state index in [1.165, 1.54) is 0 Å². The smallest absolute Gasteiger partial charge is 0.255 e. The summed E-state index contributed by atoms with van der Waals surface area (Å²) < 4.78 is 5.91. The van der Waals surface area contributed by atoms with Gasteiger partial charge in [0, 0.05) is 17.9 Å². The molecule has 0 radical (unpaired) electrons. The van der Waals surface area contributed by atoms with Crippen LogP contribution in [0.4, 0.5) is 0 Å². The van der Waals surface area contributed by atoms with E-state index in [2.05, 4.69) is 36.4 Å². The van der Waals surface area contributed by atoms with Gasteiger partial charge in [-0.05, 0) is 40.1 Å². The highest BCUT2D eigenvalue weighted by molar-refractivity contribution is 7.99. The van der Waals surface area contributed by atoms with Gasteiger partial charge in [0.15, 0.2) is 0 Å². The van der Waals surface area contributed by atoms with Crippen LogP contribution in [0.15, 0.2) is 97.1 Å². The summed E-state index contributed by atoms with van der Waals surface area (Å²) in [6, 6.07) is 32.3. The Labute approximate surface area is 186 Å². The molecule has 4 aromatic carbocycles. The van der Waals surface area contributed by atoms with Gasteiger partial charge in [0.2, 0.25) is 0 Å². The highest BCUT2D eigenvalue weighted by atomic mass is 32.2. The van der Waals surface area contributed by atoms with Crippen LogP contribution in [0.25, 0.3) is 10.8 Å². The van der Waals surface area contributed by atoms with Crippen LogP contribution in [-0.4, -0.2) is 23.1 Å². The van der Waals surface area contributed by atoms with E-state index < -0.39 is 0 Å². The molecule has 1 heterocycles. The molecular formula is C27H23NO2S. The minimum Gasteiger partial charge on any atom is -0.489 e. The second kappa shape index (κ2) is 8.86. The molecule has 154 valence electrons. The number of rotatable bonds is 5. The highest BCUT2D eigenvalue weighted by Gasteiger charge is 2.31. The summed E-state index contributed by atoms with van der Waals surface area (Å²) in [5.41, 5.74) is 3.04. The molecule has 5 rings (SSSR count). The van der Waals surface area contributed by atoms with Gasteiger partial charge in [-0.1, -0.05) is 78.9 Å². The van der Waals surface area contributed by atoms with Crippen LogP contribution in [0.2, 0.25) is 0 Å². The van der Waals surface area contributed by atoms with Crippen LogP contribution in [0.3, 0.4) is 0 Å². The van der Waals surface area contributed by atoms with Crippen molar-refractivity contribution >= 4 is 28.4 Å². The number of fused-ring (bicyclic) bond motifs is 1. The monoisotopic (exact) mass is 425 g/mol. The second-order valence-corrected chi connectivity index (χ2v) is 8.78. The van der Waals surface area contributed by atoms with Gasteiger partial charge < -0.3 is 9.64 Å². The molecule has 0 unspecified atom stereocenters. The maximum atomic E-state index is 13.5. The number of carbonyl (C=O) groups excluding carboxylic acids is 1. The number of ether oxygens (including phenoxy) is 1. The molecule has 1 fully saturated rings. The first-order valence-corrected chi connectivity index (χ1v) is 11.5. The van der Waals surface area contributed by atoms with E-state index >= 15 is 0 Å². The summed E-state index contributed by atoms with van der Waals surface area (Å²) >= 11 is 1.81. The minimum absolute atomic E-state index is 0.0228. The first-order valence-electron chi connectivity index (χ1n) is 10.5. The first-order chi connectivity index (χ1) is 15.3. The Hall–Kier alpha value is -3.24. The standard InChI is InChI=1S/C27H23NO2S/c29-26(25-12-6-10-21-9-4-5-11-24(21)25)28-17-18-31-27(28)22-13-15-23(16-14-22)30-19-20-7-2-1-3-8-20/h1-16,27H,17-19H2/t27-/m0/s1. The Morgan fingerprint density at radius 3 is 2.45 bits per heavy atom. The molecule has 1 aliphatic rings. The van der Waals surface area contributed by atoms with Gasteiger partial charge in [0.05, 0.1) is 0 Å². The lowest BCUT2D eigenvalue weighted by Gasteiger charge is -2.25.